The van der Waals surface area contributed by atoms with Crippen molar-refractivity contribution in [2.24, 2.45) is 0 Å². The first-order valence-corrected chi connectivity index (χ1v) is 12.5. The summed E-state index contributed by atoms with van der Waals surface area (Å²) < 4.78 is 19.6. The molecule has 1 aromatic heterocycles. The van der Waals surface area contributed by atoms with Crippen molar-refractivity contribution in [1.82, 2.24) is 9.55 Å². The van der Waals surface area contributed by atoms with E-state index >= 15 is 0 Å². The highest BCUT2D eigenvalue weighted by atomic mass is 32.9. The summed E-state index contributed by atoms with van der Waals surface area (Å²) in [5.41, 5.74) is -2.80. The van der Waals surface area contributed by atoms with Crippen molar-refractivity contribution >= 4 is 28.9 Å². The van der Waals surface area contributed by atoms with Crippen molar-refractivity contribution in [2.45, 2.75) is 70.3 Å². The first-order valence-electron chi connectivity index (χ1n) is 8.35. The lowest BCUT2D eigenvalue weighted by atomic mass is 10.1. The summed E-state index contributed by atoms with van der Waals surface area (Å²) in [6, 6.07) is 0. The van der Waals surface area contributed by atoms with E-state index in [4.69, 9.17) is 25.6 Å². The second kappa shape index (κ2) is 7.29. The molecule has 10 heteroatoms. The Labute approximate surface area is 155 Å². The molecule has 2 fully saturated rings. The van der Waals surface area contributed by atoms with Crippen LogP contribution in [-0.2, 0) is 25.6 Å². The number of H-pyrrole nitrogens is 1. The van der Waals surface area contributed by atoms with Crippen LogP contribution in [0.15, 0.2) is 15.8 Å². The fourth-order valence-electron chi connectivity index (χ4n) is 2.96. The van der Waals surface area contributed by atoms with Gasteiger partial charge in [-0.3, -0.25) is 14.3 Å². The minimum atomic E-state index is -2.40. The first kappa shape index (κ1) is 19.3. The van der Waals surface area contributed by atoms with Gasteiger partial charge in [-0.15, -0.1) is 0 Å². The average molecular weight is 406 g/mol. The summed E-state index contributed by atoms with van der Waals surface area (Å²) in [5, 5.41) is 0.300. The smallest absolute Gasteiger partial charge is 0.330 e. The Morgan fingerprint density at radius 2 is 2.20 bits per heavy atom. The third kappa shape index (κ3) is 3.96. The molecule has 0 saturated carbocycles. The largest absolute Gasteiger partial charge is 0.352 e. The van der Waals surface area contributed by atoms with E-state index < -0.39 is 17.6 Å². The van der Waals surface area contributed by atoms with Gasteiger partial charge >= 0.3 is 5.69 Å². The van der Waals surface area contributed by atoms with Gasteiger partial charge in [-0.2, -0.15) is 0 Å². The van der Waals surface area contributed by atoms with Crippen molar-refractivity contribution in [3.63, 3.8) is 0 Å². The molecule has 2 aliphatic rings. The lowest BCUT2D eigenvalue weighted by Gasteiger charge is -2.23. The van der Waals surface area contributed by atoms with E-state index in [0.29, 0.717) is 17.2 Å². The molecule has 1 unspecified atom stereocenters. The lowest BCUT2D eigenvalue weighted by Crippen LogP contribution is -2.33. The van der Waals surface area contributed by atoms with E-state index in [1.54, 1.807) is 18.3 Å². The molecule has 7 nitrogen and oxygen atoms in total. The molecular formula is C15H23N2O5PS2. The summed E-state index contributed by atoms with van der Waals surface area (Å²) >= 11 is 7.23. The molecule has 0 spiro atoms. The molecule has 0 amide bonds. The SMILES string of the molecule is CC[C@H]1O[C@@H](n2cc(C)c(=O)[nH]c2=O)C[C@@H]1OP1(=S)O[C@H](C)[C@H](C)S1. The monoisotopic (exact) mass is 406 g/mol. The summed E-state index contributed by atoms with van der Waals surface area (Å²) in [6.07, 6.45) is 1.95. The van der Waals surface area contributed by atoms with Crippen molar-refractivity contribution in [3.8, 4) is 0 Å². The summed E-state index contributed by atoms with van der Waals surface area (Å²) in [4.78, 5) is 26.0. The maximum atomic E-state index is 12.1. The molecule has 3 rings (SSSR count). The maximum absolute atomic E-state index is 12.1. The second-order valence-corrected chi connectivity index (χ2v) is 12.9. The average Bonchev–Trinajstić information content (AvgIpc) is 3.03. The molecule has 0 aromatic carbocycles. The number of nitrogens with one attached hydrogen (secondary N) is 1. The van der Waals surface area contributed by atoms with Gasteiger partial charge in [0.15, 0.2) is 0 Å². The van der Waals surface area contributed by atoms with Crippen LogP contribution in [-0.4, -0.2) is 33.1 Å². The molecule has 2 aliphatic heterocycles. The third-order valence-electron chi connectivity index (χ3n) is 4.56. The minimum Gasteiger partial charge on any atom is -0.352 e. The van der Waals surface area contributed by atoms with E-state index in [1.165, 1.54) is 10.8 Å². The predicted molar refractivity (Wildman–Crippen MR) is 102 cm³/mol. The van der Waals surface area contributed by atoms with E-state index in [1.807, 2.05) is 13.8 Å². The van der Waals surface area contributed by atoms with Crippen LogP contribution in [0.4, 0.5) is 0 Å². The van der Waals surface area contributed by atoms with Crippen molar-refractivity contribution < 1.29 is 13.8 Å². The zero-order valence-electron chi connectivity index (χ0n) is 14.6. The van der Waals surface area contributed by atoms with Gasteiger partial charge in [0, 0.05) is 23.4 Å². The predicted octanol–water partition coefficient (Wildman–Crippen LogP) is 2.69. The zero-order chi connectivity index (χ0) is 18.4. The van der Waals surface area contributed by atoms with Gasteiger partial charge in [-0.1, -0.05) is 25.2 Å². The van der Waals surface area contributed by atoms with Crippen LogP contribution in [0.25, 0.3) is 0 Å². The second-order valence-electron chi connectivity index (χ2n) is 6.46. The quantitative estimate of drug-likeness (QED) is 0.770. The molecule has 0 radical (unpaired) electrons. The summed E-state index contributed by atoms with van der Waals surface area (Å²) in [5.74, 6) is 0. The van der Waals surface area contributed by atoms with Crippen LogP contribution >= 0.6 is 17.1 Å². The topological polar surface area (TPSA) is 82.6 Å². The fourth-order valence-corrected chi connectivity index (χ4v) is 9.71. The molecule has 0 aliphatic carbocycles. The maximum Gasteiger partial charge on any atom is 0.330 e. The van der Waals surface area contributed by atoms with Crippen LogP contribution in [0.2, 0.25) is 0 Å². The van der Waals surface area contributed by atoms with E-state index in [0.717, 1.165) is 6.42 Å². The van der Waals surface area contributed by atoms with Crippen LogP contribution in [0, 0.1) is 6.92 Å². The molecule has 25 heavy (non-hydrogen) atoms. The Bertz CT molecular complexity index is 796. The number of rotatable bonds is 4. The summed E-state index contributed by atoms with van der Waals surface area (Å²) in [7, 11) is 0. The van der Waals surface area contributed by atoms with Gasteiger partial charge in [0.25, 0.3) is 5.56 Å². The molecule has 1 N–H and O–H groups in total. The Kier molecular flexibility index (Phi) is 5.63. The highest BCUT2D eigenvalue weighted by Crippen LogP contribution is 2.70. The Balaban J connectivity index is 1.80. The molecule has 3 heterocycles. The van der Waals surface area contributed by atoms with E-state index in [9.17, 15) is 9.59 Å². The first-order chi connectivity index (χ1) is 11.7. The molecule has 0 bridgehead atoms. The normalized spacial score (nSPS) is 38.3. The highest BCUT2D eigenvalue weighted by Gasteiger charge is 2.44. The third-order valence-corrected chi connectivity index (χ3v) is 10.2. The van der Waals surface area contributed by atoms with Crippen molar-refractivity contribution in [2.75, 3.05) is 0 Å². The number of aryl methyl sites for hydroxylation is 1. The number of ether oxygens (including phenoxy) is 1. The minimum absolute atomic E-state index is 0.0681. The number of hydrogen-bond donors (Lipinski definition) is 1. The van der Waals surface area contributed by atoms with Crippen LogP contribution in [0.3, 0.4) is 0 Å². The van der Waals surface area contributed by atoms with Crippen molar-refractivity contribution in [3.05, 3.63) is 32.6 Å². The Morgan fingerprint density at radius 3 is 2.80 bits per heavy atom. The van der Waals surface area contributed by atoms with Gasteiger partial charge < -0.3 is 13.8 Å². The van der Waals surface area contributed by atoms with E-state index in [-0.39, 0.29) is 23.9 Å². The van der Waals surface area contributed by atoms with Crippen LogP contribution in [0.1, 0.15) is 45.4 Å². The van der Waals surface area contributed by atoms with Crippen LogP contribution in [0.5, 0.6) is 0 Å². The van der Waals surface area contributed by atoms with Crippen LogP contribution < -0.4 is 11.2 Å². The lowest BCUT2D eigenvalue weighted by molar-refractivity contribution is -0.0182. The zero-order valence-corrected chi connectivity index (χ0v) is 17.2. The Hall–Kier alpha value is -0.440. The highest BCUT2D eigenvalue weighted by molar-refractivity contribution is 8.68. The number of aromatic nitrogens is 2. The van der Waals surface area contributed by atoms with Gasteiger partial charge in [-0.25, -0.2) is 4.79 Å². The molecule has 140 valence electrons. The van der Waals surface area contributed by atoms with Crippen molar-refractivity contribution in [1.29, 1.82) is 0 Å². The Morgan fingerprint density at radius 1 is 1.48 bits per heavy atom. The van der Waals surface area contributed by atoms with Gasteiger partial charge in [0.05, 0.1) is 18.3 Å². The number of nitrogens with zero attached hydrogens (tertiary/aromatic N) is 1. The van der Waals surface area contributed by atoms with Gasteiger partial charge in [0.2, 0.25) is 5.69 Å². The number of aromatic amines is 1. The molecule has 1 aromatic rings. The standard InChI is InChI=1S/C15H23N2O5PS2/c1-5-11-12(22-23(24)21-9(3)10(4)25-23)6-13(20-11)17-7-8(2)14(18)16-15(17)19/h7,9-13H,5-6H2,1-4H3,(H,16,18,19)/t9-,10+,11-,12+,13-,23?/m1/s1. The molecule has 2 saturated heterocycles. The van der Waals surface area contributed by atoms with E-state index in [2.05, 4.69) is 11.9 Å². The van der Waals surface area contributed by atoms with Gasteiger partial charge in [-0.05, 0) is 32.1 Å². The summed E-state index contributed by atoms with van der Waals surface area (Å²) in [6.45, 7) is 7.75. The number of hydrogen-bond acceptors (Lipinski definition) is 7. The fraction of sp³-hybridized carbons (Fsp3) is 0.733. The van der Waals surface area contributed by atoms with Gasteiger partial charge in [0.1, 0.15) is 6.23 Å². The molecule has 6 atom stereocenters. The molecular weight excluding hydrogens is 383 g/mol.